The summed E-state index contributed by atoms with van der Waals surface area (Å²) in [6.07, 6.45) is 3.95. The Bertz CT molecular complexity index is 1410. The van der Waals surface area contributed by atoms with Crippen molar-refractivity contribution < 1.29 is 9.90 Å². The molecule has 0 saturated heterocycles. The molecule has 0 fully saturated rings. The molecule has 1 unspecified atom stereocenters. The minimum atomic E-state index is -0.513. The maximum atomic E-state index is 13.6. The normalized spacial score (nSPS) is 19.4. The van der Waals surface area contributed by atoms with Crippen LogP contribution in [0.2, 0.25) is 0 Å². The monoisotopic (exact) mass is 558 g/mol. The topological polar surface area (TPSA) is 64.4 Å². The molecule has 2 N–H and O–H groups in total. The third-order valence-electron chi connectivity index (χ3n) is 6.85. The van der Waals surface area contributed by atoms with Crippen molar-refractivity contribution >= 4 is 50.8 Å². The van der Waals surface area contributed by atoms with Crippen LogP contribution < -0.4 is 4.90 Å². The minimum Gasteiger partial charge on any atom is -0.507 e. The zero-order chi connectivity index (χ0) is 25.4. The third kappa shape index (κ3) is 4.44. The summed E-state index contributed by atoms with van der Waals surface area (Å²) in [5.74, 6) is -0.208. The molecule has 3 aromatic rings. The van der Waals surface area contributed by atoms with E-state index in [1.54, 1.807) is 11.8 Å². The number of allylic oxidation sites excluding steroid dienone is 2. The van der Waals surface area contributed by atoms with Gasteiger partial charge >= 0.3 is 0 Å². The molecular formula is C30H27BrN2O2S. The molecule has 1 heterocycles. The number of anilines is 1. The lowest BCUT2D eigenvalue weighted by Gasteiger charge is -2.42. The molecule has 0 spiro atoms. The number of amidine groups is 1. The average Bonchev–Trinajstić information content (AvgIpc) is 2.88. The number of halogens is 1. The number of aliphatic hydroxyl groups excluding tert-OH is 1. The Morgan fingerprint density at radius 3 is 2.44 bits per heavy atom. The summed E-state index contributed by atoms with van der Waals surface area (Å²) in [7, 11) is 0. The number of hydrogen-bond donors (Lipinski definition) is 2. The van der Waals surface area contributed by atoms with Gasteiger partial charge in [-0.25, -0.2) is 0 Å². The highest BCUT2D eigenvalue weighted by Crippen LogP contribution is 2.48. The maximum Gasteiger partial charge on any atom is 0.161 e. The van der Waals surface area contributed by atoms with Crippen LogP contribution in [0.3, 0.4) is 0 Å². The summed E-state index contributed by atoms with van der Waals surface area (Å²) in [5.41, 5.74) is 5.40. The Labute approximate surface area is 224 Å². The van der Waals surface area contributed by atoms with E-state index in [9.17, 15) is 15.3 Å². The molecule has 1 aliphatic carbocycles. The van der Waals surface area contributed by atoms with Gasteiger partial charge < -0.3 is 5.11 Å². The number of rotatable bonds is 4. The van der Waals surface area contributed by atoms with E-state index < -0.39 is 5.92 Å². The second-order valence-electron chi connectivity index (χ2n) is 9.14. The predicted octanol–water partition coefficient (Wildman–Crippen LogP) is 8.04. The average molecular weight is 560 g/mol. The number of benzene rings is 3. The van der Waals surface area contributed by atoms with Crippen LogP contribution in [0, 0.1) is 12.3 Å². The van der Waals surface area contributed by atoms with Gasteiger partial charge in [0.15, 0.2) is 5.78 Å². The fourth-order valence-electron chi connectivity index (χ4n) is 5.09. The number of hydrogen-bond acceptors (Lipinski definition) is 4. The zero-order valence-electron chi connectivity index (χ0n) is 20.2. The first-order valence-electron chi connectivity index (χ1n) is 11.9. The Hall–Kier alpha value is -3.09. The van der Waals surface area contributed by atoms with Gasteiger partial charge in [0.25, 0.3) is 0 Å². The quantitative estimate of drug-likeness (QED) is 0.251. The van der Waals surface area contributed by atoms with E-state index in [0.29, 0.717) is 29.6 Å². The van der Waals surface area contributed by atoms with Crippen LogP contribution in [-0.4, -0.2) is 23.0 Å². The summed E-state index contributed by atoms with van der Waals surface area (Å²) in [6.45, 7) is 2.00. The van der Waals surface area contributed by atoms with Crippen LogP contribution >= 0.6 is 27.7 Å². The van der Waals surface area contributed by atoms with Gasteiger partial charge in [0, 0.05) is 49.8 Å². The minimum absolute atomic E-state index is 0.0314. The van der Waals surface area contributed by atoms with Crippen molar-refractivity contribution in [2.45, 2.75) is 37.0 Å². The van der Waals surface area contributed by atoms with Crippen LogP contribution in [0.1, 0.15) is 41.9 Å². The van der Waals surface area contributed by atoms with Crippen LogP contribution in [0.25, 0.3) is 5.76 Å². The number of carbonyl (C=O) groups excluding carboxylic acids is 1. The first kappa shape index (κ1) is 24.6. The summed E-state index contributed by atoms with van der Waals surface area (Å²) >= 11 is 5.21. The van der Waals surface area contributed by atoms with Gasteiger partial charge in [-0.05, 0) is 61.9 Å². The molecule has 1 aliphatic heterocycles. The summed E-state index contributed by atoms with van der Waals surface area (Å²) in [6, 6.07) is 23.5. The van der Waals surface area contributed by atoms with E-state index in [2.05, 4.69) is 15.9 Å². The Balaban J connectivity index is 1.81. The number of Topliss-reactive ketones (excluding diaryl/α,β-unsaturated/α-hetero) is 1. The largest absolute Gasteiger partial charge is 0.507 e. The lowest BCUT2D eigenvalue weighted by Crippen LogP contribution is -2.42. The van der Waals surface area contributed by atoms with E-state index in [-0.39, 0.29) is 17.4 Å². The van der Waals surface area contributed by atoms with E-state index >= 15 is 0 Å². The number of thioether (sulfide) groups is 1. The first-order valence-corrected chi connectivity index (χ1v) is 14.0. The Morgan fingerprint density at radius 2 is 1.78 bits per heavy atom. The second-order valence-corrected chi connectivity index (χ2v) is 10.9. The van der Waals surface area contributed by atoms with Crippen molar-refractivity contribution in [2.75, 3.05) is 11.2 Å². The molecular weight excluding hydrogens is 532 g/mol. The van der Waals surface area contributed by atoms with Gasteiger partial charge in [0.1, 0.15) is 11.6 Å². The smallest absolute Gasteiger partial charge is 0.161 e. The summed E-state index contributed by atoms with van der Waals surface area (Å²) in [4.78, 5) is 16.5. The molecule has 0 bridgehead atoms. The number of ketones is 1. The van der Waals surface area contributed by atoms with Gasteiger partial charge in [-0.3, -0.25) is 15.1 Å². The van der Waals surface area contributed by atoms with Gasteiger partial charge in [0.05, 0.1) is 0 Å². The van der Waals surface area contributed by atoms with Crippen molar-refractivity contribution in [3.8, 4) is 0 Å². The SMILES string of the molecule is CSc1ccc(C2C3=C(CCCC3=O)N(c3cccc(Br)c3)C(=N)/C2=C(/O)c2ccc(C)cc2)cc1. The van der Waals surface area contributed by atoms with Crippen LogP contribution in [0.4, 0.5) is 5.69 Å². The number of carbonyl (C=O) groups is 1. The molecule has 0 radical (unpaired) electrons. The highest BCUT2D eigenvalue weighted by atomic mass is 79.9. The van der Waals surface area contributed by atoms with Crippen LogP contribution in [0.5, 0.6) is 0 Å². The lowest BCUT2D eigenvalue weighted by atomic mass is 9.73. The molecule has 3 aromatic carbocycles. The summed E-state index contributed by atoms with van der Waals surface area (Å²) in [5, 5.41) is 21.1. The number of nitrogens with zero attached hydrogens (tertiary/aromatic N) is 1. The van der Waals surface area contributed by atoms with E-state index in [4.69, 9.17) is 0 Å². The fourth-order valence-corrected chi connectivity index (χ4v) is 5.88. The molecule has 1 atom stereocenters. The molecule has 0 saturated carbocycles. The molecule has 5 rings (SSSR count). The molecule has 182 valence electrons. The first-order chi connectivity index (χ1) is 17.4. The van der Waals surface area contributed by atoms with Gasteiger partial charge in [0.2, 0.25) is 0 Å². The Morgan fingerprint density at radius 1 is 1.06 bits per heavy atom. The molecule has 36 heavy (non-hydrogen) atoms. The number of aryl methyl sites for hydroxylation is 1. The standard InChI is InChI=1S/C30H27BrN2O2S/c1-18-9-11-20(12-10-18)29(35)28-26(19-13-15-23(36-2)16-14-19)27-24(7-4-8-25(27)34)33(30(28)32)22-6-3-5-21(31)17-22/h3,5-6,9-17,26,32,35H,4,7-8H2,1-2H3/b29-28+,32-30?. The molecule has 0 amide bonds. The maximum absolute atomic E-state index is 13.6. The van der Waals surface area contributed by atoms with E-state index in [1.165, 1.54) is 0 Å². The molecule has 2 aliphatic rings. The highest BCUT2D eigenvalue weighted by Gasteiger charge is 2.43. The highest BCUT2D eigenvalue weighted by molar-refractivity contribution is 9.10. The van der Waals surface area contributed by atoms with Crippen molar-refractivity contribution in [1.82, 2.24) is 0 Å². The Kier molecular flexibility index (Phi) is 6.91. The van der Waals surface area contributed by atoms with Gasteiger partial charge in [-0.2, -0.15) is 0 Å². The lowest BCUT2D eigenvalue weighted by molar-refractivity contribution is -0.116. The molecule has 4 nitrogen and oxygen atoms in total. The zero-order valence-corrected chi connectivity index (χ0v) is 22.6. The van der Waals surface area contributed by atoms with Crippen molar-refractivity contribution in [2.24, 2.45) is 0 Å². The number of nitrogens with one attached hydrogen (secondary N) is 1. The number of aliphatic hydroxyl groups is 1. The van der Waals surface area contributed by atoms with Gasteiger partial charge in [-0.1, -0.05) is 64.0 Å². The fraction of sp³-hybridized carbons (Fsp3) is 0.200. The molecule has 0 aromatic heterocycles. The van der Waals surface area contributed by atoms with Crippen LogP contribution in [0.15, 0.2) is 99.0 Å². The molecule has 6 heteroatoms. The van der Waals surface area contributed by atoms with Crippen molar-refractivity contribution in [3.63, 3.8) is 0 Å². The summed E-state index contributed by atoms with van der Waals surface area (Å²) < 4.78 is 0.889. The van der Waals surface area contributed by atoms with Crippen LogP contribution in [-0.2, 0) is 4.79 Å². The van der Waals surface area contributed by atoms with E-state index in [0.717, 1.165) is 38.3 Å². The predicted molar refractivity (Wildman–Crippen MR) is 152 cm³/mol. The van der Waals surface area contributed by atoms with Crippen molar-refractivity contribution in [1.29, 1.82) is 5.41 Å². The second kappa shape index (κ2) is 10.1. The van der Waals surface area contributed by atoms with E-state index in [1.807, 2.05) is 90.9 Å². The third-order valence-corrected chi connectivity index (χ3v) is 8.09. The van der Waals surface area contributed by atoms with Gasteiger partial charge in [-0.15, -0.1) is 11.8 Å². The van der Waals surface area contributed by atoms with Crippen molar-refractivity contribution in [3.05, 3.63) is 111 Å².